The van der Waals surface area contributed by atoms with Gasteiger partial charge in [0.15, 0.2) is 0 Å². The van der Waals surface area contributed by atoms with Crippen molar-refractivity contribution in [3.05, 3.63) is 17.0 Å². The fourth-order valence-corrected chi connectivity index (χ4v) is 5.24. The lowest BCUT2D eigenvalue weighted by molar-refractivity contribution is 0.357. The smallest absolute Gasteiger partial charge is 0.252 e. The number of nitrogens with zero attached hydrogens (tertiary/aromatic N) is 2. The Kier molecular flexibility index (Phi) is 5.19. The standard InChI is InChI=1S/C13H23N3O2S2/c1-14-7-12-6-13(19-10-12)20(17,18)16(3)9-11-4-5-15(2)8-11/h6,10-11,14H,4-5,7-9H2,1-3H3. The van der Waals surface area contributed by atoms with Crippen LogP contribution in [-0.4, -0.2) is 58.4 Å². The lowest BCUT2D eigenvalue weighted by atomic mass is 10.1. The molecule has 1 unspecified atom stereocenters. The first-order valence-corrected chi connectivity index (χ1v) is 9.12. The fraction of sp³-hybridized carbons (Fsp3) is 0.692. The highest BCUT2D eigenvalue weighted by Crippen LogP contribution is 2.25. The highest BCUT2D eigenvalue weighted by atomic mass is 32.2. The zero-order valence-corrected chi connectivity index (χ0v) is 13.9. The van der Waals surface area contributed by atoms with Crippen molar-refractivity contribution in [2.24, 2.45) is 5.92 Å². The Hall–Kier alpha value is -0.470. The van der Waals surface area contributed by atoms with Crippen LogP contribution in [-0.2, 0) is 16.6 Å². The predicted octanol–water partition coefficient (Wildman–Crippen LogP) is 1.04. The van der Waals surface area contributed by atoms with Crippen LogP contribution in [0.15, 0.2) is 15.7 Å². The normalized spacial score (nSPS) is 20.9. The largest absolute Gasteiger partial charge is 0.316 e. The number of thiophene rings is 1. The van der Waals surface area contributed by atoms with Crippen molar-refractivity contribution in [1.82, 2.24) is 14.5 Å². The molecule has 7 heteroatoms. The molecule has 1 atom stereocenters. The molecule has 114 valence electrons. The number of hydrogen-bond acceptors (Lipinski definition) is 5. The van der Waals surface area contributed by atoms with Gasteiger partial charge in [-0.3, -0.25) is 0 Å². The summed E-state index contributed by atoms with van der Waals surface area (Å²) in [5, 5.41) is 4.94. The maximum Gasteiger partial charge on any atom is 0.252 e. The molecule has 2 heterocycles. The van der Waals surface area contributed by atoms with Gasteiger partial charge in [0.1, 0.15) is 4.21 Å². The molecule has 0 saturated carbocycles. The minimum atomic E-state index is -3.34. The monoisotopic (exact) mass is 317 g/mol. The molecule has 2 rings (SSSR count). The molecule has 1 aromatic heterocycles. The molecule has 1 aliphatic rings. The van der Waals surface area contributed by atoms with Crippen molar-refractivity contribution >= 4 is 21.4 Å². The number of rotatable bonds is 6. The van der Waals surface area contributed by atoms with Crippen LogP contribution < -0.4 is 5.32 Å². The van der Waals surface area contributed by atoms with E-state index in [0.717, 1.165) is 25.1 Å². The molecule has 1 saturated heterocycles. The summed E-state index contributed by atoms with van der Waals surface area (Å²) in [6.45, 7) is 3.34. The SMILES string of the molecule is CNCc1csc(S(=O)(=O)N(C)CC2CCN(C)C2)c1. The van der Waals surface area contributed by atoms with E-state index >= 15 is 0 Å². The van der Waals surface area contributed by atoms with Gasteiger partial charge in [-0.1, -0.05) is 0 Å². The summed E-state index contributed by atoms with van der Waals surface area (Å²) >= 11 is 1.30. The summed E-state index contributed by atoms with van der Waals surface area (Å²) in [7, 11) is 2.29. The summed E-state index contributed by atoms with van der Waals surface area (Å²) in [6.07, 6.45) is 1.08. The van der Waals surface area contributed by atoms with Gasteiger partial charge in [0.25, 0.3) is 10.0 Å². The summed E-state index contributed by atoms with van der Waals surface area (Å²) in [5.41, 5.74) is 1.02. The second-order valence-electron chi connectivity index (χ2n) is 5.51. The maximum atomic E-state index is 12.5. The van der Waals surface area contributed by atoms with Crippen LogP contribution in [0.4, 0.5) is 0 Å². The van der Waals surface area contributed by atoms with E-state index in [4.69, 9.17) is 0 Å². The molecule has 20 heavy (non-hydrogen) atoms. The molecule has 1 fully saturated rings. The maximum absolute atomic E-state index is 12.5. The van der Waals surface area contributed by atoms with Gasteiger partial charge in [-0.25, -0.2) is 8.42 Å². The Bertz CT molecular complexity index is 542. The summed E-state index contributed by atoms with van der Waals surface area (Å²) < 4.78 is 27.0. The van der Waals surface area contributed by atoms with Gasteiger partial charge in [-0.2, -0.15) is 4.31 Å². The minimum absolute atomic E-state index is 0.441. The van der Waals surface area contributed by atoms with E-state index in [1.807, 2.05) is 12.4 Å². The molecule has 0 aromatic carbocycles. The second-order valence-corrected chi connectivity index (χ2v) is 8.69. The van der Waals surface area contributed by atoms with Crippen LogP contribution in [0.3, 0.4) is 0 Å². The third-order valence-electron chi connectivity index (χ3n) is 3.68. The fourth-order valence-electron chi connectivity index (χ4n) is 2.58. The number of hydrogen-bond donors (Lipinski definition) is 1. The van der Waals surface area contributed by atoms with Gasteiger partial charge >= 0.3 is 0 Å². The van der Waals surface area contributed by atoms with Crippen LogP contribution in [0.1, 0.15) is 12.0 Å². The number of sulfonamides is 1. The van der Waals surface area contributed by atoms with Gasteiger partial charge in [-0.15, -0.1) is 11.3 Å². The van der Waals surface area contributed by atoms with Crippen molar-refractivity contribution in [3.8, 4) is 0 Å². The zero-order valence-electron chi connectivity index (χ0n) is 12.3. The minimum Gasteiger partial charge on any atom is -0.316 e. The van der Waals surface area contributed by atoms with E-state index < -0.39 is 10.0 Å². The van der Waals surface area contributed by atoms with E-state index in [-0.39, 0.29) is 0 Å². The molecule has 1 N–H and O–H groups in total. The molecule has 1 aliphatic heterocycles. The third kappa shape index (κ3) is 3.59. The van der Waals surface area contributed by atoms with Gasteiger partial charge in [0.05, 0.1) is 0 Å². The Morgan fingerprint density at radius 1 is 1.55 bits per heavy atom. The lowest BCUT2D eigenvalue weighted by Gasteiger charge is -2.20. The quantitative estimate of drug-likeness (QED) is 0.852. The predicted molar refractivity (Wildman–Crippen MR) is 82.5 cm³/mol. The number of likely N-dealkylation sites (tertiary alicyclic amines) is 1. The Morgan fingerprint density at radius 3 is 2.90 bits per heavy atom. The van der Waals surface area contributed by atoms with Crippen LogP contribution in [0.25, 0.3) is 0 Å². The summed E-state index contributed by atoms with van der Waals surface area (Å²) in [6, 6.07) is 1.77. The molecule has 0 spiro atoms. The van der Waals surface area contributed by atoms with Crippen molar-refractivity contribution in [3.63, 3.8) is 0 Å². The Labute approximate surface area is 125 Å². The molecular formula is C13H23N3O2S2. The molecule has 0 radical (unpaired) electrons. The molecular weight excluding hydrogens is 294 g/mol. The Balaban J connectivity index is 2.04. The molecule has 5 nitrogen and oxygen atoms in total. The highest BCUT2D eigenvalue weighted by Gasteiger charge is 2.28. The van der Waals surface area contributed by atoms with E-state index in [2.05, 4.69) is 17.3 Å². The van der Waals surface area contributed by atoms with Crippen LogP contribution in [0.5, 0.6) is 0 Å². The summed E-state index contributed by atoms with van der Waals surface area (Å²) in [5.74, 6) is 0.441. The zero-order chi connectivity index (χ0) is 14.8. The van der Waals surface area contributed by atoms with E-state index in [1.54, 1.807) is 13.1 Å². The van der Waals surface area contributed by atoms with Gasteiger partial charge in [-0.05, 0) is 50.0 Å². The highest BCUT2D eigenvalue weighted by molar-refractivity contribution is 7.91. The topological polar surface area (TPSA) is 52.7 Å². The lowest BCUT2D eigenvalue weighted by Crippen LogP contribution is -2.32. The van der Waals surface area contributed by atoms with Crippen molar-refractivity contribution in [2.45, 2.75) is 17.2 Å². The first kappa shape index (κ1) is 15.9. The van der Waals surface area contributed by atoms with E-state index in [9.17, 15) is 8.42 Å². The van der Waals surface area contributed by atoms with Crippen LogP contribution >= 0.6 is 11.3 Å². The molecule has 0 amide bonds. The average molecular weight is 317 g/mol. The van der Waals surface area contributed by atoms with E-state index in [1.165, 1.54) is 15.6 Å². The number of nitrogens with one attached hydrogen (secondary N) is 1. The summed E-state index contributed by atoms with van der Waals surface area (Å²) in [4.78, 5) is 2.25. The third-order valence-corrected chi connectivity index (χ3v) is 6.97. The Morgan fingerprint density at radius 2 is 2.30 bits per heavy atom. The van der Waals surface area contributed by atoms with Gasteiger partial charge in [0.2, 0.25) is 0 Å². The van der Waals surface area contributed by atoms with Crippen LogP contribution in [0, 0.1) is 5.92 Å². The average Bonchev–Trinajstić information content (AvgIpc) is 2.99. The molecule has 0 bridgehead atoms. The molecule has 0 aliphatic carbocycles. The van der Waals surface area contributed by atoms with Gasteiger partial charge in [0, 0.05) is 26.7 Å². The van der Waals surface area contributed by atoms with E-state index in [0.29, 0.717) is 23.2 Å². The van der Waals surface area contributed by atoms with Crippen molar-refractivity contribution in [1.29, 1.82) is 0 Å². The molecule has 1 aromatic rings. The first-order chi connectivity index (χ1) is 9.43. The van der Waals surface area contributed by atoms with Crippen LogP contribution in [0.2, 0.25) is 0 Å². The first-order valence-electron chi connectivity index (χ1n) is 6.80. The van der Waals surface area contributed by atoms with Gasteiger partial charge < -0.3 is 10.2 Å². The van der Waals surface area contributed by atoms with Crippen molar-refractivity contribution < 1.29 is 8.42 Å². The van der Waals surface area contributed by atoms with Crippen molar-refractivity contribution in [2.75, 3.05) is 40.8 Å². The second kappa shape index (κ2) is 6.53.